The number of nitrogens with zero attached hydrogens (tertiary/aromatic N) is 1. The fourth-order valence-electron chi connectivity index (χ4n) is 1.71. The normalized spacial score (nSPS) is 10.4. The van der Waals surface area contributed by atoms with Gasteiger partial charge in [-0.2, -0.15) is 0 Å². The van der Waals surface area contributed by atoms with Gasteiger partial charge in [-0.15, -0.1) is 0 Å². The molecule has 7 nitrogen and oxygen atoms in total. The standard InChI is InChI=1S/C13H19N3O4S/c1-20-21-12-6-5-10(9-11(12)16(18)19)13(17)15-8-4-2-3-7-14/h5-6,9H,2-4,7-8,14H2,1H3,(H,15,17). The van der Waals surface area contributed by atoms with Gasteiger partial charge in [0.2, 0.25) is 0 Å². The van der Waals surface area contributed by atoms with Crippen molar-refractivity contribution in [1.29, 1.82) is 0 Å². The van der Waals surface area contributed by atoms with E-state index in [0.29, 0.717) is 18.0 Å². The van der Waals surface area contributed by atoms with Gasteiger partial charge in [-0.1, -0.05) is 6.42 Å². The monoisotopic (exact) mass is 313 g/mol. The Hall–Kier alpha value is -1.64. The number of carbonyl (C=O) groups excluding carboxylic acids is 1. The van der Waals surface area contributed by atoms with Crippen molar-refractivity contribution in [3.8, 4) is 0 Å². The molecule has 1 amide bonds. The summed E-state index contributed by atoms with van der Waals surface area (Å²) in [5, 5.41) is 13.7. The van der Waals surface area contributed by atoms with Gasteiger partial charge in [0.15, 0.2) is 0 Å². The maximum Gasteiger partial charge on any atom is 0.285 e. The SMILES string of the molecule is COSc1ccc(C(=O)NCCCCCN)cc1[N+](=O)[O-]. The number of nitro groups is 1. The Labute approximate surface area is 127 Å². The minimum absolute atomic E-state index is 0.141. The number of hydrogen-bond donors (Lipinski definition) is 2. The van der Waals surface area contributed by atoms with Crippen LogP contribution in [0, 0.1) is 10.1 Å². The van der Waals surface area contributed by atoms with Gasteiger partial charge in [0.05, 0.1) is 12.0 Å². The number of benzene rings is 1. The first kappa shape index (κ1) is 17.4. The summed E-state index contributed by atoms with van der Waals surface area (Å²) in [6.45, 7) is 1.17. The van der Waals surface area contributed by atoms with E-state index in [1.165, 1.54) is 19.2 Å². The van der Waals surface area contributed by atoms with Crippen LogP contribution in [0.2, 0.25) is 0 Å². The number of nitrogens with two attached hydrogens (primary N) is 1. The number of amides is 1. The molecule has 0 radical (unpaired) electrons. The van der Waals surface area contributed by atoms with Crippen molar-refractivity contribution in [3.63, 3.8) is 0 Å². The highest BCUT2D eigenvalue weighted by molar-refractivity contribution is 7.94. The molecule has 0 aliphatic carbocycles. The van der Waals surface area contributed by atoms with E-state index >= 15 is 0 Å². The zero-order chi connectivity index (χ0) is 15.7. The predicted octanol–water partition coefficient (Wildman–Crippen LogP) is 2.11. The lowest BCUT2D eigenvalue weighted by atomic mass is 10.2. The fraction of sp³-hybridized carbons (Fsp3) is 0.462. The average Bonchev–Trinajstić information content (AvgIpc) is 2.47. The molecule has 0 aliphatic rings. The predicted molar refractivity (Wildman–Crippen MR) is 81.2 cm³/mol. The van der Waals surface area contributed by atoms with Crippen molar-refractivity contribution in [3.05, 3.63) is 33.9 Å². The van der Waals surface area contributed by atoms with Crippen molar-refractivity contribution >= 4 is 23.6 Å². The van der Waals surface area contributed by atoms with Gasteiger partial charge in [0.25, 0.3) is 11.6 Å². The molecule has 0 saturated heterocycles. The highest BCUT2D eigenvalue weighted by atomic mass is 32.2. The van der Waals surface area contributed by atoms with Crippen LogP contribution in [0.15, 0.2) is 23.1 Å². The summed E-state index contributed by atoms with van der Waals surface area (Å²) in [4.78, 5) is 22.8. The van der Waals surface area contributed by atoms with E-state index in [2.05, 4.69) is 5.32 Å². The molecule has 0 aliphatic heterocycles. The van der Waals surface area contributed by atoms with Gasteiger partial charge >= 0.3 is 0 Å². The van der Waals surface area contributed by atoms with Crippen LogP contribution in [0.25, 0.3) is 0 Å². The van der Waals surface area contributed by atoms with E-state index in [4.69, 9.17) is 9.92 Å². The molecular formula is C13H19N3O4S. The van der Waals surface area contributed by atoms with Crippen molar-refractivity contribution < 1.29 is 13.9 Å². The number of rotatable bonds is 9. The third-order valence-corrected chi connectivity index (χ3v) is 3.45. The molecule has 0 heterocycles. The quantitative estimate of drug-likeness (QED) is 0.313. The van der Waals surface area contributed by atoms with E-state index in [1.54, 1.807) is 6.07 Å². The lowest BCUT2D eigenvalue weighted by molar-refractivity contribution is -0.387. The Bertz CT molecular complexity index is 496. The van der Waals surface area contributed by atoms with Gasteiger partial charge in [-0.3, -0.25) is 14.9 Å². The van der Waals surface area contributed by atoms with Crippen molar-refractivity contribution in [2.24, 2.45) is 5.73 Å². The summed E-state index contributed by atoms with van der Waals surface area (Å²) in [6, 6.07) is 4.32. The molecule has 116 valence electrons. The van der Waals surface area contributed by atoms with Crippen LogP contribution in [-0.2, 0) is 4.18 Å². The molecule has 0 atom stereocenters. The first-order valence-corrected chi connectivity index (χ1v) is 7.31. The van der Waals surface area contributed by atoms with Crippen LogP contribution in [0.1, 0.15) is 29.6 Å². The topological polar surface area (TPSA) is 107 Å². The largest absolute Gasteiger partial charge is 0.352 e. The molecule has 0 unspecified atom stereocenters. The van der Waals surface area contributed by atoms with Gasteiger partial charge in [0.1, 0.15) is 4.90 Å². The van der Waals surface area contributed by atoms with Crippen molar-refractivity contribution in [1.82, 2.24) is 5.32 Å². The third kappa shape index (κ3) is 5.70. The van der Waals surface area contributed by atoms with E-state index in [-0.39, 0.29) is 17.2 Å². The summed E-state index contributed by atoms with van der Waals surface area (Å²) in [5.41, 5.74) is 5.51. The highest BCUT2D eigenvalue weighted by Gasteiger charge is 2.18. The zero-order valence-electron chi connectivity index (χ0n) is 11.8. The molecule has 8 heteroatoms. The van der Waals surface area contributed by atoms with Gasteiger partial charge < -0.3 is 15.2 Å². The molecule has 1 aromatic rings. The Morgan fingerprint density at radius 3 is 2.81 bits per heavy atom. The van der Waals surface area contributed by atoms with Crippen LogP contribution in [0.5, 0.6) is 0 Å². The van der Waals surface area contributed by atoms with Crippen LogP contribution in [0.3, 0.4) is 0 Å². The van der Waals surface area contributed by atoms with Crippen LogP contribution in [0.4, 0.5) is 5.69 Å². The van der Waals surface area contributed by atoms with E-state index in [1.807, 2.05) is 0 Å². The second-order valence-corrected chi connectivity index (χ2v) is 5.23. The smallest absolute Gasteiger partial charge is 0.285 e. The van der Waals surface area contributed by atoms with Crippen LogP contribution < -0.4 is 11.1 Å². The van der Waals surface area contributed by atoms with E-state index in [9.17, 15) is 14.9 Å². The maximum atomic E-state index is 11.9. The zero-order valence-corrected chi connectivity index (χ0v) is 12.6. The summed E-state index contributed by atoms with van der Waals surface area (Å²) in [6.07, 6.45) is 2.70. The summed E-state index contributed by atoms with van der Waals surface area (Å²) in [5.74, 6) is -0.320. The average molecular weight is 313 g/mol. The van der Waals surface area contributed by atoms with E-state index < -0.39 is 4.92 Å². The Kier molecular flexibility index (Phi) is 7.73. The molecule has 3 N–H and O–H groups in total. The number of carbonyl (C=O) groups is 1. The first-order valence-electron chi connectivity index (χ1n) is 6.57. The lowest BCUT2D eigenvalue weighted by Crippen LogP contribution is -2.24. The third-order valence-electron chi connectivity index (χ3n) is 2.76. The second-order valence-electron chi connectivity index (χ2n) is 4.29. The summed E-state index contributed by atoms with van der Waals surface area (Å²) < 4.78 is 4.82. The maximum absolute atomic E-state index is 11.9. The number of nitrogens with one attached hydrogen (secondary N) is 1. The highest BCUT2D eigenvalue weighted by Crippen LogP contribution is 2.30. The van der Waals surface area contributed by atoms with Crippen molar-refractivity contribution in [2.45, 2.75) is 24.2 Å². The van der Waals surface area contributed by atoms with Gasteiger partial charge in [-0.05, 0) is 31.5 Å². The molecule has 0 fully saturated rings. The molecule has 1 rings (SSSR count). The number of hydrogen-bond acceptors (Lipinski definition) is 6. The summed E-state index contributed by atoms with van der Waals surface area (Å²) >= 11 is 0.892. The number of nitro benzene ring substituents is 1. The Balaban J connectivity index is 2.67. The molecule has 0 aromatic heterocycles. The molecule has 1 aromatic carbocycles. The van der Waals surface area contributed by atoms with Crippen LogP contribution >= 0.6 is 12.0 Å². The summed E-state index contributed by atoms with van der Waals surface area (Å²) in [7, 11) is 1.43. The van der Waals surface area contributed by atoms with Gasteiger partial charge in [0, 0.05) is 30.2 Å². The molecule has 0 spiro atoms. The van der Waals surface area contributed by atoms with Crippen molar-refractivity contribution in [2.75, 3.05) is 20.2 Å². The minimum Gasteiger partial charge on any atom is -0.352 e. The lowest BCUT2D eigenvalue weighted by Gasteiger charge is -2.06. The van der Waals surface area contributed by atoms with E-state index in [0.717, 1.165) is 31.3 Å². The van der Waals surface area contributed by atoms with Crippen LogP contribution in [-0.4, -0.2) is 31.0 Å². The van der Waals surface area contributed by atoms with Gasteiger partial charge in [-0.25, -0.2) is 0 Å². The number of unbranched alkanes of at least 4 members (excludes halogenated alkanes) is 2. The second kappa shape index (κ2) is 9.32. The molecular weight excluding hydrogens is 294 g/mol. The molecule has 21 heavy (non-hydrogen) atoms. The Morgan fingerprint density at radius 2 is 2.19 bits per heavy atom. The fourth-order valence-corrected chi connectivity index (χ4v) is 2.23. The minimum atomic E-state index is -0.528. The first-order chi connectivity index (χ1) is 10.1. The Morgan fingerprint density at radius 1 is 1.43 bits per heavy atom. The molecule has 0 saturated carbocycles. The molecule has 0 bridgehead atoms.